The van der Waals surface area contributed by atoms with E-state index in [2.05, 4.69) is 53.4 Å². The summed E-state index contributed by atoms with van der Waals surface area (Å²) < 4.78 is 2.25. The number of nitrogens with zero attached hydrogens (tertiary/aromatic N) is 1. The van der Waals surface area contributed by atoms with Crippen LogP contribution in [0.15, 0.2) is 48.8 Å². The van der Waals surface area contributed by atoms with Crippen LogP contribution in [0.5, 0.6) is 0 Å². The zero-order valence-electron chi connectivity index (χ0n) is 8.84. The van der Waals surface area contributed by atoms with Crippen LogP contribution in [-0.2, 0) is 0 Å². The van der Waals surface area contributed by atoms with Crippen molar-refractivity contribution in [2.75, 3.05) is 0 Å². The van der Waals surface area contributed by atoms with Crippen molar-refractivity contribution in [3.05, 3.63) is 48.8 Å². The Kier molecular flexibility index (Phi) is 2.17. The van der Waals surface area contributed by atoms with Gasteiger partial charge in [0.2, 0.25) is 0 Å². The van der Waals surface area contributed by atoms with E-state index in [1.165, 1.54) is 25.0 Å². The summed E-state index contributed by atoms with van der Waals surface area (Å²) in [6.45, 7) is 0. The van der Waals surface area contributed by atoms with Crippen molar-refractivity contribution in [3.63, 3.8) is 0 Å². The lowest BCUT2D eigenvalue weighted by Crippen LogP contribution is -2.34. The van der Waals surface area contributed by atoms with Crippen molar-refractivity contribution >= 4 is 5.70 Å². The molecule has 0 saturated heterocycles. The summed E-state index contributed by atoms with van der Waals surface area (Å²) in [5, 5.41) is 0. The predicted molar refractivity (Wildman–Crippen MR) is 60.9 cm³/mol. The second-order valence-electron chi connectivity index (χ2n) is 4.51. The van der Waals surface area contributed by atoms with E-state index >= 15 is 0 Å². The highest BCUT2D eigenvalue weighted by Gasteiger charge is 2.29. The van der Waals surface area contributed by atoms with Gasteiger partial charge in [-0.2, -0.15) is 4.57 Å². The van der Waals surface area contributed by atoms with Gasteiger partial charge in [0.05, 0.1) is 0 Å². The van der Waals surface area contributed by atoms with E-state index in [-0.39, 0.29) is 0 Å². The molecule has 15 heavy (non-hydrogen) atoms. The minimum Gasteiger partial charge on any atom is -0.171 e. The fourth-order valence-corrected chi connectivity index (χ4v) is 2.68. The SMILES string of the molecule is C1=CC2CC([n+]3ccccc3)=CCC2C1. The Morgan fingerprint density at radius 2 is 1.93 bits per heavy atom. The lowest BCUT2D eigenvalue weighted by Gasteiger charge is -2.21. The van der Waals surface area contributed by atoms with Gasteiger partial charge in [0.25, 0.3) is 0 Å². The Labute approximate surface area is 90.8 Å². The molecule has 1 nitrogen and oxygen atoms in total. The fraction of sp³-hybridized carbons (Fsp3) is 0.357. The van der Waals surface area contributed by atoms with Gasteiger partial charge in [-0.15, -0.1) is 0 Å². The Hall–Kier alpha value is -1.37. The third-order valence-electron chi connectivity index (χ3n) is 3.58. The summed E-state index contributed by atoms with van der Waals surface area (Å²) in [7, 11) is 0. The molecule has 0 fully saturated rings. The Morgan fingerprint density at radius 1 is 1.07 bits per heavy atom. The molecule has 0 aromatic carbocycles. The maximum absolute atomic E-state index is 2.41. The van der Waals surface area contributed by atoms with Gasteiger partial charge < -0.3 is 0 Å². The molecule has 1 heteroatoms. The molecule has 0 N–H and O–H groups in total. The van der Waals surface area contributed by atoms with E-state index in [4.69, 9.17) is 0 Å². The first-order valence-electron chi connectivity index (χ1n) is 5.76. The maximum atomic E-state index is 2.41. The third-order valence-corrected chi connectivity index (χ3v) is 3.58. The highest BCUT2D eigenvalue weighted by molar-refractivity contribution is 5.37. The number of pyridine rings is 1. The molecule has 0 amide bonds. The standard InChI is InChI=1S/C14H16N/c1-2-9-15(10-3-1)14-8-7-12-5-4-6-13(12)11-14/h1-4,6,8-10,12-13H,5,7,11H2/q+1. The smallest absolute Gasteiger partial charge is 0.171 e. The van der Waals surface area contributed by atoms with Crippen LogP contribution < -0.4 is 4.57 Å². The molecular weight excluding hydrogens is 182 g/mol. The molecule has 2 aliphatic carbocycles. The van der Waals surface area contributed by atoms with E-state index in [1.807, 2.05) is 0 Å². The number of hydrogen-bond donors (Lipinski definition) is 0. The second-order valence-corrected chi connectivity index (χ2v) is 4.51. The first-order valence-corrected chi connectivity index (χ1v) is 5.76. The Bertz CT molecular complexity index is 403. The monoisotopic (exact) mass is 198 g/mol. The predicted octanol–water partition coefficient (Wildman–Crippen LogP) is 2.80. The van der Waals surface area contributed by atoms with Crippen molar-refractivity contribution in [2.24, 2.45) is 11.8 Å². The van der Waals surface area contributed by atoms with Gasteiger partial charge in [0.1, 0.15) is 0 Å². The molecule has 0 spiro atoms. The van der Waals surface area contributed by atoms with Gasteiger partial charge in [-0.25, -0.2) is 0 Å². The summed E-state index contributed by atoms with van der Waals surface area (Å²) in [5.41, 5.74) is 1.46. The molecule has 3 rings (SSSR count). The van der Waals surface area contributed by atoms with E-state index < -0.39 is 0 Å². The Balaban J connectivity index is 1.86. The molecule has 0 saturated carbocycles. The van der Waals surface area contributed by atoms with Crippen LogP contribution in [0.4, 0.5) is 0 Å². The van der Waals surface area contributed by atoms with Crippen molar-refractivity contribution < 1.29 is 4.57 Å². The van der Waals surface area contributed by atoms with Gasteiger partial charge in [0.15, 0.2) is 18.1 Å². The lowest BCUT2D eigenvalue weighted by molar-refractivity contribution is -0.584. The average molecular weight is 198 g/mol. The number of allylic oxidation sites excluding steroid dienone is 4. The molecule has 2 aliphatic rings. The maximum Gasteiger partial charge on any atom is 0.183 e. The number of rotatable bonds is 1. The third kappa shape index (κ3) is 1.63. The lowest BCUT2D eigenvalue weighted by atomic mass is 9.84. The van der Waals surface area contributed by atoms with Crippen LogP contribution in [-0.4, -0.2) is 0 Å². The van der Waals surface area contributed by atoms with Gasteiger partial charge >= 0.3 is 0 Å². The summed E-state index contributed by atoms with van der Waals surface area (Å²) >= 11 is 0. The Morgan fingerprint density at radius 3 is 2.80 bits per heavy atom. The summed E-state index contributed by atoms with van der Waals surface area (Å²) in [6.07, 6.45) is 15.2. The van der Waals surface area contributed by atoms with Crippen LogP contribution >= 0.6 is 0 Å². The van der Waals surface area contributed by atoms with E-state index in [0.29, 0.717) is 0 Å². The normalized spacial score (nSPS) is 28.7. The molecule has 1 aromatic heterocycles. The first kappa shape index (κ1) is 8.90. The van der Waals surface area contributed by atoms with Crippen molar-refractivity contribution in [1.82, 2.24) is 0 Å². The number of hydrogen-bond acceptors (Lipinski definition) is 0. The highest BCUT2D eigenvalue weighted by Crippen LogP contribution is 2.37. The number of fused-ring (bicyclic) bond motifs is 1. The van der Waals surface area contributed by atoms with Crippen LogP contribution in [0.2, 0.25) is 0 Å². The van der Waals surface area contributed by atoms with Crippen molar-refractivity contribution in [2.45, 2.75) is 19.3 Å². The summed E-state index contributed by atoms with van der Waals surface area (Å²) in [6, 6.07) is 6.26. The van der Waals surface area contributed by atoms with E-state index in [1.54, 1.807) is 0 Å². The van der Waals surface area contributed by atoms with Crippen molar-refractivity contribution in [3.8, 4) is 0 Å². The molecule has 76 valence electrons. The minimum atomic E-state index is 0.790. The number of aromatic nitrogens is 1. The van der Waals surface area contributed by atoms with Crippen LogP contribution in [0.25, 0.3) is 5.70 Å². The first-order chi connectivity index (χ1) is 7.43. The quantitative estimate of drug-likeness (QED) is 0.482. The van der Waals surface area contributed by atoms with Crippen LogP contribution in [0.1, 0.15) is 19.3 Å². The highest BCUT2D eigenvalue weighted by atomic mass is 14.9. The van der Waals surface area contributed by atoms with Crippen LogP contribution in [0, 0.1) is 11.8 Å². The molecule has 0 bridgehead atoms. The zero-order chi connectivity index (χ0) is 10.1. The van der Waals surface area contributed by atoms with Gasteiger partial charge in [-0.05, 0) is 30.8 Å². The molecule has 2 atom stereocenters. The topological polar surface area (TPSA) is 3.88 Å². The molecule has 1 heterocycles. The van der Waals surface area contributed by atoms with E-state index in [9.17, 15) is 0 Å². The summed E-state index contributed by atoms with van der Waals surface area (Å²) in [5.74, 6) is 1.68. The van der Waals surface area contributed by atoms with Crippen LogP contribution in [0.3, 0.4) is 0 Å². The molecule has 0 radical (unpaired) electrons. The van der Waals surface area contributed by atoms with E-state index in [0.717, 1.165) is 11.8 Å². The summed E-state index contributed by atoms with van der Waals surface area (Å²) in [4.78, 5) is 0. The molecule has 0 aliphatic heterocycles. The second kappa shape index (κ2) is 3.65. The van der Waals surface area contributed by atoms with Crippen molar-refractivity contribution in [1.29, 1.82) is 0 Å². The molecule has 2 unspecified atom stereocenters. The van der Waals surface area contributed by atoms with Gasteiger partial charge in [-0.1, -0.05) is 18.2 Å². The molecule has 1 aromatic rings. The largest absolute Gasteiger partial charge is 0.183 e. The van der Waals surface area contributed by atoms with Gasteiger partial charge in [0, 0.05) is 18.6 Å². The average Bonchev–Trinajstić information content (AvgIpc) is 2.77. The minimum absolute atomic E-state index is 0.790. The zero-order valence-corrected chi connectivity index (χ0v) is 8.84. The molecular formula is C14H16N+. The fourth-order valence-electron chi connectivity index (χ4n) is 2.68. The van der Waals surface area contributed by atoms with Gasteiger partial charge in [-0.3, -0.25) is 0 Å².